The van der Waals surface area contributed by atoms with Gasteiger partial charge in [0.05, 0.1) is 7.11 Å². The standard InChI is InChI=1S/C20H18N2O5/c1-13(20(24)25)27-17-9-8-14(11-18(17)26-2)10-15(12-21)19(23)22-16-6-4-3-5-7-16/h3-11,13H,1-2H3,(H,22,23)(H,24,25)/b15-10-/t13-/m1/s1. The number of amides is 1. The normalized spacial score (nSPS) is 11.8. The first-order chi connectivity index (χ1) is 12.9. The number of aliphatic carboxylic acids is 1. The third-order valence-electron chi connectivity index (χ3n) is 3.55. The zero-order valence-electron chi connectivity index (χ0n) is 14.8. The highest BCUT2D eigenvalue weighted by Gasteiger charge is 2.16. The molecule has 0 aliphatic carbocycles. The molecule has 0 aromatic heterocycles. The van der Waals surface area contributed by atoms with E-state index in [1.165, 1.54) is 26.2 Å². The van der Waals surface area contributed by atoms with Crippen LogP contribution in [0.5, 0.6) is 11.5 Å². The van der Waals surface area contributed by atoms with E-state index in [2.05, 4.69) is 5.32 Å². The fourth-order valence-electron chi connectivity index (χ4n) is 2.15. The average Bonchev–Trinajstić information content (AvgIpc) is 2.67. The lowest BCUT2D eigenvalue weighted by atomic mass is 10.1. The fraction of sp³-hybridized carbons (Fsp3) is 0.150. The molecule has 2 aromatic carbocycles. The first kappa shape index (κ1) is 19.5. The van der Waals surface area contributed by atoms with Crippen LogP contribution in [0, 0.1) is 11.3 Å². The van der Waals surface area contributed by atoms with Gasteiger partial charge in [-0.15, -0.1) is 0 Å². The van der Waals surface area contributed by atoms with Crippen LogP contribution in [0.15, 0.2) is 54.1 Å². The number of rotatable bonds is 7. The van der Waals surface area contributed by atoms with Gasteiger partial charge in [-0.3, -0.25) is 4.79 Å². The Morgan fingerprint density at radius 3 is 2.48 bits per heavy atom. The third kappa shape index (κ3) is 5.34. The Balaban J connectivity index is 2.23. The molecule has 0 aliphatic rings. The van der Waals surface area contributed by atoms with Crippen LogP contribution < -0.4 is 14.8 Å². The van der Waals surface area contributed by atoms with E-state index in [0.29, 0.717) is 11.3 Å². The Kier molecular flexibility index (Phi) is 6.55. The number of nitriles is 1. The predicted molar refractivity (Wildman–Crippen MR) is 99.4 cm³/mol. The topological polar surface area (TPSA) is 109 Å². The molecule has 0 saturated heterocycles. The van der Waals surface area contributed by atoms with Crippen LogP contribution >= 0.6 is 0 Å². The van der Waals surface area contributed by atoms with Gasteiger partial charge in [-0.25, -0.2) is 4.79 Å². The van der Waals surface area contributed by atoms with Gasteiger partial charge in [0, 0.05) is 5.69 Å². The van der Waals surface area contributed by atoms with Gasteiger partial charge in [-0.1, -0.05) is 24.3 Å². The van der Waals surface area contributed by atoms with Crippen molar-refractivity contribution in [2.24, 2.45) is 0 Å². The number of carbonyl (C=O) groups is 2. The van der Waals surface area contributed by atoms with E-state index < -0.39 is 18.0 Å². The van der Waals surface area contributed by atoms with Gasteiger partial charge in [0.1, 0.15) is 11.6 Å². The highest BCUT2D eigenvalue weighted by atomic mass is 16.5. The average molecular weight is 366 g/mol. The Bertz CT molecular complexity index is 900. The molecule has 27 heavy (non-hydrogen) atoms. The second-order valence-electron chi connectivity index (χ2n) is 5.50. The monoisotopic (exact) mass is 366 g/mol. The van der Waals surface area contributed by atoms with Crippen LogP contribution in [0.1, 0.15) is 12.5 Å². The summed E-state index contributed by atoms with van der Waals surface area (Å²) in [5.41, 5.74) is 1.02. The molecule has 0 spiro atoms. The summed E-state index contributed by atoms with van der Waals surface area (Å²) in [6, 6.07) is 15.3. The van der Waals surface area contributed by atoms with Crippen molar-refractivity contribution in [2.45, 2.75) is 13.0 Å². The van der Waals surface area contributed by atoms with Crippen LogP contribution in [0.3, 0.4) is 0 Å². The van der Waals surface area contributed by atoms with Gasteiger partial charge >= 0.3 is 5.97 Å². The fourth-order valence-corrected chi connectivity index (χ4v) is 2.15. The number of ether oxygens (including phenoxy) is 2. The molecule has 0 aliphatic heterocycles. The Morgan fingerprint density at radius 1 is 1.19 bits per heavy atom. The first-order valence-electron chi connectivity index (χ1n) is 8.00. The van der Waals surface area contributed by atoms with Gasteiger partial charge in [0.25, 0.3) is 5.91 Å². The lowest BCUT2D eigenvalue weighted by Gasteiger charge is -2.14. The van der Waals surface area contributed by atoms with Crippen LogP contribution in [-0.2, 0) is 9.59 Å². The molecule has 2 aromatic rings. The Hall–Kier alpha value is -3.79. The van der Waals surface area contributed by atoms with E-state index in [9.17, 15) is 14.9 Å². The molecule has 1 atom stereocenters. The molecule has 0 fully saturated rings. The van der Waals surface area contributed by atoms with E-state index in [-0.39, 0.29) is 17.1 Å². The number of carbonyl (C=O) groups excluding carboxylic acids is 1. The third-order valence-corrected chi connectivity index (χ3v) is 3.55. The number of carboxylic acids is 1. The summed E-state index contributed by atoms with van der Waals surface area (Å²) in [6.07, 6.45) is 0.359. The van der Waals surface area contributed by atoms with E-state index in [1.54, 1.807) is 36.4 Å². The highest BCUT2D eigenvalue weighted by molar-refractivity contribution is 6.09. The Morgan fingerprint density at radius 2 is 1.89 bits per heavy atom. The number of benzene rings is 2. The highest BCUT2D eigenvalue weighted by Crippen LogP contribution is 2.30. The molecule has 2 N–H and O–H groups in total. The molecule has 0 saturated carbocycles. The van der Waals surface area contributed by atoms with Crippen molar-refractivity contribution in [3.8, 4) is 17.6 Å². The van der Waals surface area contributed by atoms with Crippen molar-refractivity contribution in [2.75, 3.05) is 12.4 Å². The number of methoxy groups -OCH3 is 1. The molecule has 0 unspecified atom stereocenters. The number of nitrogens with one attached hydrogen (secondary N) is 1. The molecule has 0 radical (unpaired) electrons. The van der Waals surface area contributed by atoms with Gasteiger partial charge < -0.3 is 19.9 Å². The maximum absolute atomic E-state index is 12.3. The molecule has 0 bridgehead atoms. The van der Waals surface area contributed by atoms with E-state index >= 15 is 0 Å². The van der Waals surface area contributed by atoms with E-state index in [0.717, 1.165) is 0 Å². The second kappa shape index (κ2) is 9.06. The summed E-state index contributed by atoms with van der Waals surface area (Å²) in [6.45, 7) is 1.40. The molecular formula is C20H18N2O5. The minimum atomic E-state index is -1.11. The predicted octanol–water partition coefficient (Wildman–Crippen LogP) is 3.09. The molecule has 138 valence electrons. The molecule has 0 heterocycles. The number of nitrogens with zero attached hydrogens (tertiary/aromatic N) is 1. The minimum absolute atomic E-state index is 0.0894. The van der Waals surface area contributed by atoms with Gasteiger partial charge in [-0.05, 0) is 42.8 Å². The summed E-state index contributed by atoms with van der Waals surface area (Å²) in [7, 11) is 1.41. The second-order valence-corrected chi connectivity index (χ2v) is 5.50. The number of para-hydroxylation sites is 1. The minimum Gasteiger partial charge on any atom is -0.493 e. The number of hydrogen-bond acceptors (Lipinski definition) is 5. The zero-order chi connectivity index (χ0) is 19.8. The van der Waals surface area contributed by atoms with Crippen molar-refractivity contribution in [1.29, 1.82) is 5.26 Å². The van der Waals surface area contributed by atoms with E-state index in [1.807, 2.05) is 12.1 Å². The largest absolute Gasteiger partial charge is 0.493 e. The molecule has 1 amide bonds. The summed E-state index contributed by atoms with van der Waals surface area (Å²) in [4.78, 5) is 23.2. The lowest BCUT2D eigenvalue weighted by molar-refractivity contribution is -0.144. The maximum Gasteiger partial charge on any atom is 0.344 e. The van der Waals surface area contributed by atoms with E-state index in [4.69, 9.17) is 14.6 Å². The van der Waals surface area contributed by atoms with Crippen molar-refractivity contribution in [3.63, 3.8) is 0 Å². The van der Waals surface area contributed by atoms with Crippen molar-refractivity contribution >= 4 is 23.6 Å². The van der Waals surface area contributed by atoms with Crippen molar-refractivity contribution in [1.82, 2.24) is 0 Å². The molecular weight excluding hydrogens is 348 g/mol. The first-order valence-corrected chi connectivity index (χ1v) is 8.00. The van der Waals surface area contributed by atoms with Crippen LogP contribution in [0.4, 0.5) is 5.69 Å². The maximum atomic E-state index is 12.3. The summed E-state index contributed by atoms with van der Waals surface area (Å²) in [5.74, 6) is -1.11. The van der Waals surface area contributed by atoms with Gasteiger partial charge in [-0.2, -0.15) is 5.26 Å². The smallest absolute Gasteiger partial charge is 0.344 e. The van der Waals surface area contributed by atoms with Crippen molar-refractivity contribution < 1.29 is 24.2 Å². The summed E-state index contributed by atoms with van der Waals surface area (Å²) in [5, 5.41) is 20.9. The summed E-state index contributed by atoms with van der Waals surface area (Å²) >= 11 is 0. The van der Waals surface area contributed by atoms with Crippen LogP contribution in [0.2, 0.25) is 0 Å². The number of anilines is 1. The van der Waals surface area contributed by atoms with Crippen LogP contribution in [0.25, 0.3) is 6.08 Å². The van der Waals surface area contributed by atoms with Gasteiger partial charge in [0.2, 0.25) is 0 Å². The SMILES string of the molecule is COc1cc(/C=C(/C#N)C(=O)Nc2ccccc2)ccc1O[C@H](C)C(=O)O. The number of hydrogen-bond donors (Lipinski definition) is 2. The molecule has 7 nitrogen and oxygen atoms in total. The van der Waals surface area contributed by atoms with Crippen LogP contribution in [-0.4, -0.2) is 30.2 Å². The number of carboxylic acid groups (broad SMARTS) is 1. The Labute approximate surface area is 156 Å². The summed E-state index contributed by atoms with van der Waals surface area (Å²) < 4.78 is 10.5. The van der Waals surface area contributed by atoms with Crippen molar-refractivity contribution in [3.05, 3.63) is 59.7 Å². The molecule has 7 heteroatoms. The quantitative estimate of drug-likeness (QED) is 0.576. The lowest BCUT2D eigenvalue weighted by Crippen LogP contribution is -2.23. The van der Waals surface area contributed by atoms with Gasteiger partial charge in [0.15, 0.2) is 17.6 Å². The zero-order valence-corrected chi connectivity index (χ0v) is 14.8. The molecule has 2 rings (SSSR count).